The molecule has 2 heterocycles. The summed E-state index contributed by atoms with van der Waals surface area (Å²) in [6, 6.07) is 7.01. The zero-order valence-electron chi connectivity index (χ0n) is 12.0. The van der Waals surface area contributed by atoms with E-state index in [1.165, 1.54) is 0 Å². The first kappa shape index (κ1) is 14.4. The van der Waals surface area contributed by atoms with E-state index in [9.17, 15) is 4.79 Å². The second kappa shape index (κ2) is 6.09. The molecule has 112 valence electrons. The molecule has 0 spiro atoms. The van der Waals surface area contributed by atoms with E-state index in [0.29, 0.717) is 5.56 Å². The Labute approximate surface area is 128 Å². The van der Waals surface area contributed by atoms with E-state index < -0.39 is 5.97 Å². The van der Waals surface area contributed by atoms with Gasteiger partial charge in [-0.2, -0.15) is 0 Å². The van der Waals surface area contributed by atoms with E-state index in [0.717, 1.165) is 37.4 Å². The molecule has 3 rings (SSSR count). The summed E-state index contributed by atoms with van der Waals surface area (Å²) in [4.78, 5) is 15.7. The predicted octanol–water partition coefficient (Wildman–Crippen LogP) is 1.55. The third-order valence-electron chi connectivity index (χ3n) is 3.91. The largest absolute Gasteiger partial charge is 0.478 e. The maximum atomic E-state index is 10.9. The van der Waals surface area contributed by atoms with Crippen molar-refractivity contribution in [1.82, 2.24) is 15.1 Å². The Morgan fingerprint density at radius 2 is 1.90 bits per heavy atom. The Balaban J connectivity index is 1.62. The maximum Gasteiger partial charge on any atom is 0.335 e. The Morgan fingerprint density at radius 3 is 2.52 bits per heavy atom. The number of carboxylic acids is 1. The molecule has 2 aliphatic heterocycles. The summed E-state index contributed by atoms with van der Waals surface area (Å²) in [5.41, 5.74) is 2.71. The van der Waals surface area contributed by atoms with Crippen LogP contribution in [-0.2, 0) is 0 Å². The number of rotatable bonds is 3. The van der Waals surface area contributed by atoms with E-state index in [-0.39, 0.29) is 5.50 Å². The van der Waals surface area contributed by atoms with Crippen molar-refractivity contribution in [3.63, 3.8) is 0 Å². The molecule has 0 radical (unpaired) electrons. The van der Waals surface area contributed by atoms with Gasteiger partial charge in [0.05, 0.1) is 5.56 Å². The zero-order valence-corrected chi connectivity index (χ0v) is 12.8. The average Bonchev–Trinajstić information content (AvgIpc) is 2.98. The third-order valence-corrected chi connectivity index (χ3v) is 4.95. The lowest BCUT2D eigenvalue weighted by atomic mass is 10.1. The first-order valence-electron chi connectivity index (χ1n) is 7.02. The molecule has 1 aromatic carbocycles. The summed E-state index contributed by atoms with van der Waals surface area (Å²) >= 11 is 1.78. The first-order chi connectivity index (χ1) is 10.1. The Bertz CT molecular complexity index is 551. The first-order valence-corrected chi connectivity index (χ1v) is 7.96. The molecule has 1 unspecified atom stereocenters. The minimum atomic E-state index is -0.889. The molecule has 1 saturated heterocycles. The van der Waals surface area contributed by atoms with Crippen LogP contribution in [0.25, 0.3) is 5.70 Å². The Kier molecular flexibility index (Phi) is 4.19. The molecular formula is C15H19N3O2S. The van der Waals surface area contributed by atoms with Crippen molar-refractivity contribution < 1.29 is 9.90 Å². The zero-order chi connectivity index (χ0) is 14.8. The summed E-state index contributed by atoms with van der Waals surface area (Å²) in [5, 5.41) is 14.6. The SMILES string of the molecule is CN1CCN(C2NC(c3ccc(C(=O)O)cc3)=CS2)CC1. The van der Waals surface area contributed by atoms with Crippen LogP contribution in [-0.4, -0.2) is 59.6 Å². The van der Waals surface area contributed by atoms with Gasteiger partial charge in [-0.15, -0.1) is 0 Å². The number of hydrogen-bond acceptors (Lipinski definition) is 5. The summed E-state index contributed by atoms with van der Waals surface area (Å²) in [5.74, 6) is -0.889. The number of thioether (sulfide) groups is 1. The molecule has 1 fully saturated rings. The molecule has 0 aliphatic carbocycles. The van der Waals surface area contributed by atoms with Crippen LogP contribution in [0.1, 0.15) is 15.9 Å². The molecular weight excluding hydrogens is 286 g/mol. The number of piperazine rings is 1. The molecule has 2 aliphatic rings. The van der Waals surface area contributed by atoms with Gasteiger partial charge in [0, 0.05) is 31.9 Å². The smallest absolute Gasteiger partial charge is 0.335 e. The fourth-order valence-corrected chi connectivity index (χ4v) is 3.56. The number of benzene rings is 1. The second-order valence-electron chi connectivity index (χ2n) is 5.39. The monoisotopic (exact) mass is 305 g/mol. The van der Waals surface area contributed by atoms with Crippen LogP contribution in [0.5, 0.6) is 0 Å². The van der Waals surface area contributed by atoms with Gasteiger partial charge < -0.3 is 15.3 Å². The van der Waals surface area contributed by atoms with Crippen molar-refractivity contribution in [2.24, 2.45) is 0 Å². The highest BCUT2D eigenvalue weighted by Crippen LogP contribution is 2.29. The number of aromatic carboxylic acids is 1. The summed E-state index contributed by atoms with van der Waals surface area (Å²) in [7, 11) is 2.15. The molecule has 21 heavy (non-hydrogen) atoms. The normalized spacial score (nSPS) is 23.7. The average molecular weight is 305 g/mol. The number of nitrogens with zero attached hydrogens (tertiary/aromatic N) is 2. The number of carbonyl (C=O) groups is 1. The number of nitrogens with one attached hydrogen (secondary N) is 1. The molecule has 6 heteroatoms. The fraction of sp³-hybridized carbons (Fsp3) is 0.400. The molecule has 0 bridgehead atoms. The van der Waals surface area contributed by atoms with Crippen LogP contribution in [0.15, 0.2) is 29.7 Å². The van der Waals surface area contributed by atoms with E-state index in [4.69, 9.17) is 5.11 Å². The highest BCUT2D eigenvalue weighted by atomic mass is 32.2. The van der Waals surface area contributed by atoms with Gasteiger partial charge in [-0.25, -0.2) is 4.79 Å². The van der Waals surface area contributed by atoms with Gasteiger partial charge in [-0.1, -0.05) is 23.9 Å². The minimum absolute atomic E-state index is 0.285. The maximum absolute atomic E-state index is 10.9. The molecule has 0 amide bonds. The van der Waals surface area contributed by atoms with Crippen molar-refractivity contribution >= 4 is 23.4 Å². The van der Waals surface area contributed by atoms with Crippen molar-refractivity contribution in [2.75, 3.05) is 33.2 Å². The number of carboxylic acid groups (broad SMARTS) is 1. The number of likely N-dealkylation sites (N-methyl/N-ethyl adjacent to an activating group) is 1. The van der Waals surface area contributed by atoms with Gasteiger partial charge >= 0.3 is 5.97 Å². The molecule has 2 N–H and O–H groups in total. The van der Waals surface area contributed by atoms with Crippen LogP contribution >= 0.6 is 11.8 Å². The fourth-order valence-electron chi connectivity index (χ4n) is 2.51. The van der Waals surface area contributed by atoms with E-state index in [1.807, 2.05) is 12.1 Å². The highest BCUT2D eigenvalue weighted by molar-refractivity contribution is 8.03. The molecule has 0 aromatic heterocycles. The molecule has 0 saturated carbocycles. The topological polar surface area (TPSA) is 55.8 Å². The van der Waals surface area contributed by atoms with Crippen molar-refractivity contribution in [3.8, 4) is 0 Å². The summed E-state index contributed by atoms with van der Waals surface area (Å²) in [6.07, 6.45) is 0. The lowest BCUT2D eigenvalue weighted by Crippen LogP contribution is -2.51. The van der Waals surface area contributed by atoms with Gasteiger partial charge in [0.2, 0.25) is 0 Å². The predicted molar refractivity (Wildman–Crippen MR) is 85.0 cm³/mol. The molecule has 1 aromatic rings. The van der Waals surface area contributed by atoms with Crippen molar-refractivity contribution in [3.05, 3.63) is 40.8 Å². The standard InChI is InChI=1S/C15H19N3O2S/c1-17-6-8-18(9-7-17)15-16-13(10-21-15)11-2-4-12(5-3-11)14(19)20/h2-5,10,15-16H,6-9H2,1H3,(H,19,20). The van der Waals surface area contributed by atoms with Gasteiger partial charge in [0.25, 0.3) is 0 Å². The van der Waals surface area contributed by atoms with Gasteiger partial charge in [-0.3, -0.25) is 4.90 Å². The van der Waals surface area contributed by atoms with E-state index in [2.05, 4.69) is 27.6 Å². The quantitative estimate of drug-likeness (QED) is 0.884. The lowest BCUT2D eigenvalue weighted by molar-refractivity contribution is 0.0697. The van der Waals surface area contributed by atoms with Crippen molar-refractivity contribution in [1.29, 1.82) is 0 Å². The number of hydrogen-bond donors (Lipinski definition) is 2. The van der Waals surface area contributed by atoms with Crippen LogP contribution in [0.2, 0.25) is 0 Å². The summed E-state index contributed by atoms with van der Waals surface area (Å²) < 4.78 is 0. The van der Waals surface area contributed by atoms with Gasteiger partial charge in [-0.05, 0) is 30.2 Å². The van der Waals surface area contributed by atoms with Crippen LogP contribution in [0, 0.1) is 0 Å². The second-order valence-corrected chi connectivity index (χ2v) is 6.34. The minimum Gasteiger partial charge on any atom is -0.478 e. The van der Waals surface area contributed by atoms with Gasteiger partial charge in [0.1, 0.15) is 5.50 Å². The van der Waals surface area contributed by atoms with E-state index >= 15 is 0 Å². The van der Waals surface area contributed by atoms with Crippen LogP contribution < -0.4 is 5.32 Å². The Hall–Kier alpha value is -1.50. The third kappa shape index (κ3) is 3.23. The van der Waals surface area contributed by atoms with Crippen LogP contribution in [0.4, 0.5) is 0 Å². The Morgan fingerprint density at radius 1 is 1.24 bits per heavy atom. The van der Waals surface area contributed by atoms with Crippen LogP contribution in [0.3, 0.4) is 0 Å². The molecule has 1 atom stereocenters. The lowest BCUT2D eigenvalue weighted by Gasteiger charge is -2.36. The highest BCUT2D eigenvalue weighted by Gasteiger charge is 2.26. The van der Waals surface area contributed by atoms with E-state index in [1.54, 1.807) is 23.9 Å². The van der Waals surface area contributed by atoms with Gasteiger partial charge in [0.15, 0.2) is 0 Å². The van der Waals surface area contributed by atoms with Crippen molar-refractivity contribution in [2.45, 2.75) is 5.50 Å². The summed E-state index contributed by atoms with van der Waals surface area (Å²) in [6.45, 7) is 4.34. The molecule has 5 nitrogen and oxygen atoms in total.